The average Bonchev–Trinajstić information content (AvgIpc) is 2.80. The number of carbonyl (C=O) groups excluding carboxylic acids is 2. The van der Waals surface area contributed by atoms with Gasteiger partial charge in [0.05, 0.1) is 19.8 Å². The maximum Gasteiger partial charge on any atom is 0.306 e. The molecule has 3 rings (SSSR count). The lowest BCUT2D eigenvalue weighted by Gasteiger charge is -2.16. The Hall–Kier alpha value is -3.54. The molecule has 0 fully saturated rings. The summed E-state index contributed by atoms with van der Waals surface area (Å²) in [6, 6.07) is 21.0. The van der Waals surface area contributed by atoms with Gasteiger partial charge in [0.2, 0.25) is 0 Å². The van der Waals surface area contributed by atoms with Gasteiger partial charge in [-0.3, -0.25) is 9.59 Å². The van der Waals surface area contributed by atoms with Crippen LogP contribution in [0.5, 0.6) is 11.5 Å². The van der Waals surface area contributed by atoms with Gasteiger partial charge in [-0.2, -0.15) is 0 Å². The molecule has 0 aromatic heterocycles. The lowest BCUT2D eigenvalue weighted by Crippen LogP contribution is -2.31. The number of ether oxygens (including phenoxy) is 3. The fourth-order valence-corrected chi connectivity index (χ4v) is 3.29. The standard InChI is InChI=1S/C25H27NO5/c1-18(22-10-5-8-19-7-3-4-9-23(19)22)26-24(27)17-31-25(28)11-6-16-30-21-14-12-20(29-2)13-15-21/h3-5,7-10,12-15,18H,6,11,16-17H2,1-2H3,(H,26,27)/t18-/m1/s1. The number of amides is 1. The highest BCUT2D eigenvalue weighted by atomic mass is 16.5. The Morgan fingerprint density at radius 1 is 0.935 bits per heavy atom. The van der Waals surface area contributed by atoms with Crippen molar-refractivity contribution in [3.8, 4) is 11.5 Å². The van der Waals surface area contributed by atoms with Crippen LogP contribution in [0.1, 0.15) is 31.4 Å². The number of rotatable bonds is 10. The molecule has 0 saturated carbocycles. The first-order valence-electron chi connectivity index (χ1n) is 10.3. The fraction of sp³-hybridized carbons (Fsp3) is 0.280. The maximum atomic E-state index is 12.2. The zero-order valence-corrected chi connectivity index (χ0v) is 17.8. The molecule has 0 spiro atoms. The number of benzene rings is 3. The fourth-order valence-electron chi connectivity index (χ4n) is 3.29. The van der Waals surface area contributed by atoms with E-state index in [1.807, 2.05) is 49.4 Å². The van der Waals surface area contributed by atoms with Crippen LogP contribution < -0.4 is 14.8 Å². The molecule has 3 aromatic rings. The number of hydrogen-bond acceptors (Lipinski definition) is 5. The van der Waals surface area contributed by atoms with E-state index < -0.39 is 5.97 Å². The molecule has 162 valence electrons. The number of carbonyl (C=O) groups is 2. The smallest absolute Gasteiger partial charge is 0.306 e. The molecule has 0 aliphatic rings. The topological polar surface area (TPSA) is 73.9 Å². The van der Waals surface area contributed by atoms with Crippen molar-refractivity contribution in [2.45, 2.75) is 25.8 Å². The molecule has 6 heteroatoms. The van der Waals surface area contributed by atoms with Gasteiger partial charge in [0.15, 0.2) is 6.61 Å². The molecule has 0 saturated heterocycles. The summed E-state index contributed by atoms with van der Waals surface area (Å²) in [5, 5.41) is 5.10. The second-order valence-corrected chi connectivity index (χ2v) is 7.15. The predicted octanol–water partition coefficient (Wildman–Crippen LogP) is 4.43. The highest BCUT2D eigenvalue weighted by Gasteiger charge is 2.14. The Balaban J connectivity index is 1.37. The zero-order chi connectivity index (χ0) is 22.1. The molecule has 6 nitrogen and oxygen atoms in total. The lowest BCUT2D eigenvalue weighted by atomic mass is 10.00. The Bertz CT molecular complexity index is 1010. The molecular formula is C25H27NO5. The second-order valence-electron chi connectivity index (χ2n) is 7.15. The van der Waals surface area contributed by atoms with Gasteiger partial charge in [-0.25, -0.2) is 0 Å². The third kappa shape index (κ3) is 6.47. The summed E-state index contributed by atoms with van der Waals surface area (Å²) < 4.78 is 15.8. The quantitative estimate of drug-likeness (QED) is 0.387. The summed E-state index contributed by atoms with van der Waals surface area (Å²) in [5.74, 6) is 0.703. The normalized spacial score (nSPS) is 11.5. The third-order valence-electron chi connectivity index (χ3n) is 4.89. The third-order valence-corrected chi connectivity index (χ3v) is 4.89. The Morgan fingerprint density at radius 3 is 2.42 bits per heavy atom. The SMILES string of the molecule is COc1ccc(OCCCC(=O)OCC(=O)N[C@H](C)c2cccc3ccccc23)cc1. The van der Waals surface area contributed by atoms with Gasteiger partial charge in [-0.15, -0.1) is 0 Å². The molecule has 0 heterocycles. The van der Waals surface area contributed by atoms with Crippen molar-refractivity contribution in [2.75, 3.05) is 20.3 Å². The van der Waals surface area contributed by atoms with E-state index in [9.17, 15) is 9.59 Å². The number of methoxy groups -OCH3 is 1. The Morgan fingerprint density at radius 2 is 1.65 bits per heavy atom. The van der Waals surface area contributed by atoms with E-state index in [1.54, 1.807) is 31.4 Å². The van der Waals surface area contributed by atoms with Gasteiger partial charge in [0, 0.05) is 6.42 Å². The Labute approximate surface area is 182 Å². The molecule has 31 heavy (non-hydrogen) atoms. The van der Waals surface area contributed by atoms with Crippen LogP contribution in [0.15, 0.2) is 66.7 Å². The molecule has 1 amide bonds. The monoisotopic (exact) mass is 421 g/mol. The summed E-state index contributed by atoms with van der Waals surface area (Å²) in [7, 11) is 1.60. The van der Waals surface area contributed by atoms with Crippen LogP contribution in [0.3, 0.4) is 0 Å². The van der Waals surface area contributed by atoms with Crippen molar-refractivity contribution in [3.05, 3.63) is 72.3 Å². The number of hydrogen-bond donors (Lipinski definition) is 1. The van der Waals surface area contributed by atoms with Crippen LogP contribution >= 0.6 is 0 Å². The zero-order valence-electron chi connectivity index (χ0n) is 17.8. The second kappa shape index (κ2) is 11.0. The van der Waals surface area contributed by atoms with Crippen molar-refractivity contribution in [1.29, 1.82) is 0 Å². The van der Waals surface area contributed by atoms with E-state index in [-0.39, 0.29) is 25.0 Å². The van der Waals surface area contributed by atoms with Crippen LogP contribution in [-0.2, 0) is 14.3 Å². The molecule has 0 bridgehead atoms. The summed E-state index contributed by atoms with van der Waals surface area (Å²) in [5.41, 5.74) is 1.02. The van der Waals surface area contributed by atoms with Crippen LogP contribution in [0, 0.1) is 0 Å². The first kappa shape index (κ1) is 22.2. The van der Waals surface area contributed by atoms with Crippen LogP contribution in [0.25, 0.3) is 10.8 Å². The largest absolute Gasteiger partial charge is 0.497 e. The van der Waals surface area contributed by atoms with E-state index in [0.29, 0.717) is 18.8 Å². The van der Waals surface area contributed by atoms with Crippen LogP contribution in [-0.4, -0.2) is 32.2 Å². The average molecular weight is 421 g/mol. The summed E-state index contributed by atoms with van der Waals surface area (Å²) >= 11 is 0. The highest BCUT2D eigenvalue weighted by Crippen LogP contribution is 2.24. The van der Waals surface area contributed by atoms with Gasteiger partial charge in [-0.1, -0.05) is 42.5 Å². The number of fused-ring (bicyclic) bond motifs is 1. The van der Waals surface area contributed by atoms with Crippen molar-refractivity contribution < 1.29 is 23.8 Å². The van der Waals surface area contributed by atoms with Gasteiger partial charge in [-0.05, 0) is 53.9 Å². The first-order valence-corrected chi connectivity index (χ1v) is 10.3. The van der Waals surface area contributed by atoms with Crippen LogP contribution in [0.4, 0.5) is 0 Å². The van der Waals surface area contributed by atoms with E-state index in [2.05, 4.69) is 5.32 Å². The van der Waals surface area contributed by atoms with Gasteiger partial charge in [0.25, 0.3) is 5.91 Å². The van der Waals surface area contributed by atoms with E-state index in [4.69, 9.17) is 14.2 Å². The molecular weight excluding hydrogens is 394 g/mol. The van der Waals surface area contributed by atoms with Gasteiger partial charge in [0.1, 0.15) is 11.5 Å². The highest BCUT2D eigenvalue weighted by molar-refractivity contribution is 5.87. The summed E-state index contributed by atoms with van der Waals surface area (Å²) in [4.78, 5) is 24.1. The van der Waals surface area contributed by atoms with Crippen molar-refractivity contribution >= 4 is 22.6 Å². The van der Waals surface area contributed by atoms with Crippen molar-refractivity contribution in [2.24, 2.45) is 0 Å². The summed E-state index contributed by atoms with van der Waals surface area (Å²) in [6.07, 6.45) is 0.682. The van der Waals surface area contributed by atoms with Crippen molar-refractivity contribution in [3.63, 3.8) is 0 Å². The molecule has 0 unspecified atom stereocenters. The van der Waals surface area contributed by atoms with Gasteiger partial charge < -0.3 is 19.5 Å². The minimum absolute atomic E-state index is 0.183. The lowest BCUT2D eigenvalue weighted by molar-refractivity contribution is -0.148. The molecule has 3 aromatic carbocycles. The minimum atomic E-state index is -0.425. The van der Waals surface area contributed by atoms with Crippen molar-refractivity contribution in [1.82, 2.24) is 5.32 Å². The van der Waals surface area contributed by atoms with E-state index in [1.165, 1.54) is 0 Å². The molecule has 0 radical (unpaired) electrons. The Kier molecular flexibility index (Phi) is 7.87. The molecule has 1 N–H and O–H groups in total. The van der Waals surface area contributed by atoms with Crippen LogP contribution in [0.2, 0.25) is 0 Å². The molecule has 0 aliphatic heterocycles. The molecule has 1 atom stereocenters. The number of nitrogens with one attached hydrogen (secondary N) is 1. The number of esters is 1. The molecule has 0 aliphatic carbocycles. The van der Waals surface area contributed by atoms with E-state index >= 15 is 0 Å². The predicted molar refractivity (Wildman–Crippen MR) is 119 cm³/mol. The first-order chi connectivity index (χ1) is 15.1. The minimum Gasteiger partial charge on any atom is -0.497 e. The van der Waals surface area contributed by atoms with E-state index in [0.717, 1.165) is 22.1 Å². The van der Waals surface area contributed by atoms with Gasteiger partial charge >= 0.3 is 5.97 Å². The summed E-state index contributed by atoms with van der Waals surface area (Å²) in [6.45, 7) is 2.00. The maximum absolute atomic E-state index is 12.2.